The van der Waals surface area contributed by atoms with E-state index in [-0.39, 0.29) is 0 Å². The van der Waals surface area contributed by atoms with E-state index in [0.717, 1.165) is 0 Å². The number of hydrogen-bond acceptors (Lipinski definition) is 8. The predicted octanol–water partition coefficient (Wildman–Crippen LogP) is -0.538. The highest BCUT2D eigenvalue weighted by molar-refractivity contribution is 4.74. The highest BCUT2D eigenvalue weighted by Gasteiger charge is 2.55. The lowest BCUT2D eigenvalue weighted by atomic mass is 10.3. The second-order valence-electron chi connectivity index (χ2n) is 2.04. The van der Waals surface area contributed by atoms with E-state index in [0.29, 0.717) is 0 Å². The third-order valence-corrected chi connectivity index (χ3v) is 1.16. The van der Waals surface area contributed by atoms with E-state index in [9.17, 15) is 40.5 Å². The topological polar surface area (TPSA) is 173 Å². The molecule has 0 aliphatic heterocycles. The highest BCUT2D eigenvalue weighted by Crippen LogP contribution is 2.18. The molecule has 0 amide bonds. The zero-order chi connectivity index (χ0) is 12.2. The molecule has 12 heteroatoms. The maximum absolute atomic E-state index is 9.99. The van der Waals surface area contributed by atoms with E-state index in [1.54, 1.807) is 0 Å². The summed E-state index contributed by atoms with van der Waals surface area (Å²) in [6.45, 7) is 0. The van der Waals surface area contributed by atoms with Crippen molar-refractivity contribution in [2.75, 3.05) is 0 Å². The van der Waals surface area contributed by atoms with Gasteiger partial charge >= 0.3 is 12.3 Å². The Balaban J connectivity index is 4.77. The van der Waals surface area contributed by atoms with Crippen molar-refractivity contribution in [2.24, 2.45) is 0 Å². The molecule has 0 aromatic rings. The zero-order valence-corrected chi connectivity index (χ0v) is 6.76. The first kappa shape index (κ1) is 12.6. The van der Waals surface area contributed by atoms with Gasteiger partial charge in [0.25, 0.3) is 6.42 Å². The maximum atomic E-state index is 9.99. The predicted molar refractivity (Wildman–Crippen MR) is 39.1 cm³/mol. The molecule has 0 rings (SSSR count). The molecule has 0 unspecified atom stereocenters. The summed E-state index contributed by atoms with van der Waals surface area (Å²) in [6.07, 6.45) is -5.00. The molecule has 0 atom stereocenters. The minimum atomic E-state index is -1.72. The quantitative estimate of drug-likeness (QED) is 0.425. The molecule has 0 aromatic heterocycles. The minimum Gasteiger partial charge on any atom is -0.258 e. The molecule has 0 fully saturated rings. The summed E-state index contributed by atoms with van der Waals surface area (Å²) < 4.78 is 0. The average Bonchev–Trinajstić information content (AvgIpc) is 2.01. The number of rotatable bonds is 6. The Morgan fingerprint density at radius 1 is 0.667 bits per heavy atom. The van der Waals surface area contributed by atoms with Crippen LogP contribution >= 0.6 is 0 Å². The lowest BCUT2D eigenvalue weighted by molar-refractivity contribution is -0.707. The van der Waals surface area contributed by atoms with Crippen molar-refractivity contribution < 1.29 is 19.7 Å². The van der Waals surface area contributed by atoms with Crippen molar-refractivity contribution in [3.63, 3.8) is 0 Å². The fraction of sp³-hybridized carbons (Fsp3) is 0.333. The molecular weight excluding hydrogens is 220 g/mol. The molecule has 0 aromatic carbocycles. The Hall–Kier alpha value is -2.40. The molecule has 0 aliphatic carbocycles. The van der Waals surface area contributed by atoms with E-state index in [2.05, 4.69) is 0 Å². The van der Waals surface area contributed by atoms with Gasteiger partial charge in [-0.25, -0.2) is 0 Å². The van der Waals surface area contributed by atoms with Crippen LogP contribution in [0.25, 0.3) is 0 Å². The molecule has 0 N–H and O–H groups in total. The van der Waals surface area contributed by atoms with Gasteiger partial charge < -0.3 is 0 Å². The molecule has 15 heavy (non-hydrogen) atoms. The van der Waals surface area contributed by atoms with Gasteiger partial charge in [-0.15, -0.1) is 0 Å². The Morgan fingerprint density at radius 2 is 0.867 bits per heavy atom. The van der Waals surface area contributed by atoms with Crippen LogP contribution < -0.4 is 0 Å². The second-order valence-corrected chi connectivity index (χ2v) is 2.04. The van der Waals surface area contributed by atoms with Crippen molar-refractivity contribution >= 4 is 0 Å². The van der Waals surface area contributed by atoms with Crippen LogP contribution in [0.15, 0.2) is 0 Å². The average molecular weight is 222 g/mol. The normalized spacial score (nSPS) is 10.3. The summed E-state index contributed by atoms with van der Waals surface area (Å²) >= 11 is 0. The number of nitro groups is 4. The number of nitrogens with zero attached hydrogens (tertiary/aromatic N) is 4. The smallest absolute Gasteiger partial charge is 0.258 e. The first-order valence-corrected chi connectivity index (χ1v) is 3.06. The van der Waals surface area contributed by atoms with Crippen molar-refractivity contribution in [1.29, 1.82) is 0 Å². The molecule has 0 saturated carbocycles. The van der Waals surface area contributed by atoms with E-state index in [4.69, 9.17) is 0 Å². The van der Waals surface area contributed by atoms with Gasteiger partial charge in [-0.2, -0.15) is 0 Å². The SMILES string of the molecule is O=[N+]([O-])[C](C[C]([N+](=O)[O-])[N+](=O)[O-])[N+](=O)[O-]. The van der Waals surface area contributed by atoms with Gasteiger partial charge in [0, 0.05) is 0 Å². The van der Waals surface area contributed by atoms with Crippen LogP contribution in [0.1, 0.15) is 6.42 Å². The molecule has 82 valence electrons. The molecule has 12 nitrogen and oxygen atoms in total. The molecular formula is C3H2N4O8. The lowest BCUT2D eigenvalue weighted by Gasteiger charge is -1.96. The van der Waals surface area contributed by atoms with Crippen molar-refractivity contribution in [1.82, 2.24) is 0 Å². The Labute approximate surface area is 80.1 Å². The third-order valence-electron chi connectivity index (χ3n) is 1.16. The van der Waals surface area contributed by atoms with E-state index < -0.39 is 38.4 Å². The summed E-state index contributed by atoms with van der Waals surface area (Å²) in [5, 5.41) is 40.0. The summed E-state index contributed by atoms with van der Waals surface area (Å²) in [6, 6.07) is 0. The van der Waals surface area contributed by atoms with E-state index in [1.807, 2.05) is 0 Å². The van der Waals surface area contributed by atoms with Crippen LogP contribution in [0.4, 0.5) is 0 Å². The van der Waals surface area contributed by atoms with Gasteiger partial charge in [-0.05, 0) is 0 Å². The van der Waals surface area contributed by atoms with Gasteiger partial charge in [0.2, 0.25) is 0 Å². The first-order chi connectivity index (χ1) is 6.77. The summed E-state index contributed by atoms with van der Waals surface area (Å²) in [4.78, 5) is 33.9. The van der Waals surface area contributed by atoms with Crippen LogP contribution in [0, 0.1) is 52.8 Å². The third kappa shape index (κ3) is 3.45. The van der Waals surface area contributed by atoms with Crippen LogP contribution in [0.3, 0.4) is 0 Å². The Kier molecular flexibility index (Phi) is 3.97. The second kappa shape index (κ2) is 4.73. The standard InChI is InChI=1S/C3H2N4O8/c8-4(9)2(5(10)11)1-3(6(12)13)7(14)15/h1H2. The summed E-state index contributed by atoms with van der Waals surface area (Å²) in [5.41, 5.74) is 0. The molecule has 0 saturated heterocycles. The fourth-order valence-corrected chi connectivity index (χ4v) is 0.533. The van der Waals surface area contributed by atoms with Gasteiger partial charge in [-0.1, -0.05) is 0 Å². The van der Waals surface area contributed by atoms with Crippen molar-refractivity contribution in [3.05, 3.63) is 52.8 Å². The summed E-state index contributed by atoms with van der Waals surface area (Å²) in [5.74, 6) is 0. The van der Waals surface area contributed by atoms with Crippen LogP contribution in [0.2, 0.25) is 0 Å². The number of hydrogen-bond donors (Lipinski definition) is 0. The van der Waals surface area contributed by atoms with Crippen LogP contribution in [0.5, 0.6) is 0 Å². The molecule has 0 heterocycles. The Bertz CT molecular complexity index is 255. The molecule has 0 bridgehead atoms. The van der Waals surface area contributed by atoms with E-state index >= 15 is 0 Å². The van der Waals surface area contributed by atoms with Crippen molar-refractivity contribution in [2.45, 2.75) is 6.42 Å². The largest absolute Gasteiger partial charge is 0.609 e. The lowest BCUT2D eigenvalue weighted by Crippen LogP contribution is -2.28. The maximum Gasteiger partial charge on any atom is 0.609 e. The van der Waals surface area contributed by atoms with Crippen molar-refractivity contribution in [3.8, 4) is 0 Å². The fourth-order valence-electron chi connectivity index (χ4n) is 0.533. The van der Waals surface area contributed by atoms with Crippen LogP contribution in [-0.4, -0.2) is 19.7 Å². The molecule has 0 spiro atoms. The minimum absolute atomic E-state index is 1.52. The van der Waals surface area contributed by atoms with Gasteiger partial charge in [0.15, 0.2) is 0 Å². The zero-order valence-electron chi connectivity index (χ0n) is 6.76. The van der Waals surface area contributed by atoms with Crippen LogP contribution in [-0.2, 0) is 0 Å². The first-order valence-electron chi connectivity index (χ1n) is 3.06. The highest BCUT2D eigenvalue weighted by atomic mass is 16.7. The molecule has 0 aliphatic rings. The van der Waals surface area contributed by atoms with Gasteiger partial charge in [-0.3, -0.25) is 40.5 Å². The molecule has 2 radical (unpaired) electrons. The summed E-state index contributed by atoms with van der Waals surface area (Å²) in [7, 11) is 0. The van der Waals surface area contributed by atoms with Gasteiger partial charge in [0.1, 0.15) is 19.7 Å². The van der Waals surface area contributed by atoms with E-state index in [1.165, 1.54) is 0 Å². The monoisotopic (exact) mass is 222 g/mol. The van der Waals surface area contributed by atoms with Gasteiger partial charge in [0.05, 0.1) is 0 Å². The Morgan fingerprint density at radius 3 is 1.00 bits per heavy atom.